The van der Waals surface area contributed by atoms with E-state index in [4.69, 9.17) is 0 Å². The van der Waals surface area contributed by atoms with Gasteiger partial charge in [-0.2, -0.15) is 0 Å². The molecule has 3 rings (SSSR count). The van der Waals surface area contributed by atoms with Crippen LogP contribution in [0.25, 0.3) is 5.82 Å². The van der Waals surface area contributed by atoms with Crippen LogP contribution in [-0.4, -0.2) is 27.5 Å². The monoisotopic (exact) mass is 241 g/mol. The molecule has 3 heterocycles. The topological polar surface area (TPSA) is 21.1 Å². The van der Waals surface area contributed by atoms with E-state index in [9.17, 15) is 0 Å². The summed E-state index contributed by atoms with van der Waals surface area (Å²) in [6.45, 7) is 5.52. The predicted octanol–water partition coefficient (Wildman–Crippen LogP) is 2.78. The van der Waals surface area contributed by atoms with Gasteiger partial charge in [-0.15, -0.1) is 0 Å². The van der Waals surface area contributed by atoms with E-state index in [1.807, 2.05) is 13.0 Å². The van der Waals surface area contributed by atoms with E-state index in [1.54, 1.807) is 0 Å². The van der Waals surface area contributed by atoms with Gasteiger partial charge >= 0.3 is 0 Å². The van der Waals surface area contributed by atoms with Crippen LogP contribution < -0.4 is 0 Å². The molecule has 0 aromatic carbocycles. The highest BCUT2D eigenvalue weighted by Gasteiger charge is 2.14. The Morgan fingerprint density at radius 3 is 2.72 bits per heavy atom. The van der Waals surface area contributed by atoms with E-state index in [0.717, 1.165) is 18.1 Å². The van der Waals surface area contributed by atoms with Crippen LogP contribution in [0.1, 0.15) is 24.2 Å². The second-order valence-corrected chi connectivity index (χ2v) is 4.99. The number of likely N-dealkylation sites (tertiary alicyclic amines) is 1. The molecule has 0 aliphatic carbocycles. The number of rotatable bonds is 3. The molecule has 0 saturated carbocycles. The van der Waals surface area contributed by atoms with Crippen LogP contribution in [0.4, 0.5) is 0 Å². The molecule has 3 heteroatoms. The second kappa shape index (κ2) is 4.94. The van der Waals surface area contributed by atoms with Gasteiger partial charge in [0.05, 0.1) is 0 Å². The zero-order valence-electron chi connectivity index (χ0n) is 10.8. The van der Waals surface area contributed by atoms with Crippen LogP contribution in [0.5, 0.6) is 0 Å². The zero-order valence-corrected chi connectivity index (χ0v) is 10.8. The van der Waals surface area contributed by atoms with Gasteiger partial charge in [0.2, 0.25) is 0 Å². The van der Waals surface area contributed by atoms with E-state index in [-0.39, 0.29) is 0 Å². The third kappa shape index (κ3) is 2.31. The van der Waals surface area contributed by atoms with Gasteiger partial charge in [0.1, 0.15) is 5.82 Å². The summed E-state index contributed by atoms with van der Waals surface area (Å²) >= 11 is 0. The SMILES string of the molecule is Cc1cccc(-n2cccc2CN2CCCC2)n1. The van der Waals surface area contributed by atoms with Gasteiger partial charge in [-0.05, 0) is 57.1 Å². The van der Waals surface area contributed by atoms with Crippen LogP contribution in [0, 0.1) is 6.92 Å². The van der Waals surface area contributed by atoms with Crippen LogP contribution in [-0.2, 0) is 6.54 Å². The van der Waals surface area contributed by atoms with E-state index >= 15 is 0 Å². The molecule has 1 aliphatic heterocycles. The molecule has 0 amide bonds. The minimum Gasteiger partial charge on any atom is -0.304 e. The summed E-state index contributed by atoms with van der Waals surface area (Å²) in [6.07, 6.45) is 4.78. The fourth-order valence-electron chi connectivity index (χ4n) is 2.60. The summed E-state index contributed by atoms with van der Waals surface area (Å²) in [5.41, 5.74) is 2.39. The van der Waals surface area contributed by atoms with Gasteiger partial charge in [0, 0.05) is 24.1 Å². The van der Waals surface area contributed by atoms with Crippen LogP contribution in [0.3, 0.4) is 0 Å². The quantitative estimate of drug-likeness (QED) is 0.824. The standard InChI is InChI=1S/C15H19N3/c1-13-6-4-8-15(16-13)18-11-5-7-14(18)12-17-9-2-3-10-17/h4-8,11H,2-3,9-10,12H2,1H3. The molecule has 1 aliphatic rings. The Kier molecular flexibility index (Phi) is 3.15. The molecule has 0 radical (unpaired) electrons. The Morgan fingerprint density at radius 1 is 1.11 bits per heavy atom. The maximum atomic E-state index is 4.60. The highest BCUT2D eigenvalue weighted by molar-refractivity contribution is 5.29. The fraction of sp³-hybridized carbons (Fsp3) is 0.400. The van der Waals surface area contributed by atoms with Crippen molar-refractivity contribution in [3.63, 3.8) is 0 Å². The summed E-state index contributed by atoms with van der Waals surface area (Å²) < 4.78 is 2.20. The highest BCUT2D eigenvalue weighted by Crippen LogP contribution is 2.16. The molecule has 2 aromatic heterocycles. The minimum atomic E-state index is 1.02. The Labute approximate surface area is 108 Å². The molecule has 0 unspecified atom stereocenters. The molecule has 0 bridgehead atoms. The molecule has 1 saturated heterocycles. The van der Waals surface area contributed by atoms with Crippen LogP contribution in [0.2, 0.25) is 0 Å². The lowest BCUT2D eigenvalue weighted by Crippen LogP contribution is -2.20. The molecule has 0 atom stereocenters. The fourth-order valence-corrected chi connectivity index (χ4v) is 2.60. The summed E-state index contributed by atoms with van der Waals surface area (Å²) in [5, 5.41) is 0. The van der Waals surface area contributed by atoms with E-state index in [2.05, 4.69) is 44.9 Å². The van der Waals surface area contributed by atoms with Crippen LogP contribution >= 0.6 is 0 Å². The van der Waals surface area contributed by atoms with Crippen LogP contribution in [0.15, 0.2) is 36.5 Å². The number of pyridine rings is 1. The number of hydrogen-bond acceptors (Lipinski definition) is 2. The van der Waals surface area contributed by atoms with Crippen molar-refractivity contribution < 1.29 is 0 Å². The van der Waals surface area contributed by atoms with E-state index in [0.29, 0.717) is 0 Å². The van der Waals surface area contributed by atoms with Crippen molar-refractivity contribution in [2.45, 2.75) is 26.3 Å². The molecule has 94 valence electrons. The first kappa shape index (κ1) is 11.5. The average Bonchev–Trinajstić information content (AvgIpc) is 3.01. The summed E-state index contributed by atoms with van der Waals surface area (Å²) in [6, 6.07) is 10.5. The van der Waals surface area contributed by atoms with Gasteiger partial charge < -0.3 is 4.57 Å². The van der Waals surface area contributed by atoms with Crippen molar-refractivity contribution in [3.05, 3.63) is 47.9 Å². The number of hydrogen-bond donors (Lipinski definition) is 0. The van der Waals surface area contributed by atoms with Gasteiger partial charge in [-0.25, -0.2) is 4.98 Å². The van der Waals surface area contributed by atoms with E-state index < -0.39 is 0 Å². The van der Waals surface area contributed by atoms with E-state index in [1.165, 1.54) is 31.6 Å². The predicted molar refractivity (Wildman–Crippen MR) is 72.8 cm³/mol. The smallest absolute Gasteiger partial charge is 0.137 e. The molecule has 3 nitrogen and oxygen atoms in total. The third-order valence-electron chi connectivity index (χ3n) is 3.54. The maximum absolute atomic E-state index is 4.60. The molecular formula is C15H19N3. The van der Waals surface area contributed by atoms with Crippen molar-refractivity contribution in [2.75, 3.05) is 13.1 Å². The summed E-state index contributed by atoms with van der Waals surface area (Å²) in [7, 11) is 0. The summed E-state index contributed by atoms with van der Waals surface area (Å²) in [4.78, 5) is 7.11. The average molecular weight is 241 g/mol. The van der Waals surface area contributed by atoms with Crippen molar-refractivity contribution in [1.29, 1.82) is 0 Å². The molecule has 0 spiro atoms. The molecular weight excluding hydrogens is 222 g/mol. The largest absolute Gasteiger partial charge is 0.304 e. The van der Waals surface area contributed by atoms with Crippen molar-refractivity contribution in [1.82, 2.24) is 14.5 Å². The number of aryl methyl sites for hydroxylation is 1. The van der Waals surface area contributed by atoms with Gasteiger partial charge in [-0.1, -0.05) is 6.07 Å². The van der Waals surface area contributed by atoms with Gasteiger partial charge in [0.25, 0.3) is 0 Å². The Hall–Kier alpha value is -1.61. The molecule has 0 N–H and O–H groups in total. The maximum Gasteiger partial charge on any atom is 0.137 e. The summed E-state index contributed by atoms with van der Waals surface area (Å²) in [5.74, 6) is 1.02. The second-order valence-electron chi connectivity index (χ2n) is 4.99. The Bertz CT molecular complexity index is 524. The first-order valence-corrected chi connectivity index (χ1v) is 6.65. The molecule has 18 heavy (non-hydrogen) atoms. The molecule has 2 aromatic rings. The lowest BCUT2D eigenvalue weighted by Gasteiger charge is -2.16. The van der Waals surface area contributed by atoms with Gasteiger partial charge in [-0.3, -0.25) is 4.90 Å². The Morgan fingerprint density at radius 2 is 1.94 bits per heavy atom. The lowest BCUT2D eigenvalue weighted by molar-refractivity contribution is 0.325. The Balaban J connectivity index is 1.86. The van der Waals surface area contributed by atoms with Crippen molar-refractivity contribution >= 4 is 0 Å². The lowest BCUT2D eigenvalue weighted by atomic mass is 10.3. The first-order valence-electron chi connectivity index (χ1n) is 6.65. The number of aromatic nitrogens is 2. The van der Waals surface area contributed by atoms with Gasteiger partial charge in [0.15, 0.2) is 0 Å². The molecule has 1 fully saturated rings. The van der Waals surface area contributed by atoms with Crippen molar-refractivity contribution in [3.8, 4) is 5.82 Å². The highest BCUT2D eigenvalue weighted by atomic mass is 15.2. The van der Waals surface area contributed by atoms with Crippen molar-refractivity contribution in [2.24, 2.45) is 0 Å². The third-order valence-corrected chi connectivity index (χ3v) is 3.54. The first-order chi connectivity index (χ1) is 8.83. The minimum absolute atomic E-state index is 1.02. The normalized spacial score (nSPS) is 16.3. The number of nitrogens with zero attached hydrogens (tertiary/aromatic N) is 3. The zero-order chi connectivity index (χ0) is 12.4.